The monoisotopic (exact) mass is 200 g/mol. The Morgan fingerprint density at radius 2 is 2.10 bits per heavy atom. The first-order valence-corrected chi connectivity index (χ1v) is 7.39. The summed E-state index contributed by atoms with van der Waals surface area (Å²) in [5, 5.41) is 0.269. The lowest BCUT2D eigenvalue weighted by Crippen LogP contribution is -1.93. The molecule has 5 heteroatoms. The highest BCUT2D eigenvalue weighted by atomic mass is 32.9. The zero-order valence-electron chi connectivity index (χ0n) is 6.15. The topological polar surface area (TPSA) is 40.5 Å². The highest BCUT2D eigenvalue weighted by molar-refractivity contribution is 8.67. The van der Waals surface area contributed by atoms with Gasteiger partial charge in [-0.25, -0.2) is 0 Å². The van der Waals surface area contributed by atoms with Gasteiger partial charge in [-0.05, 0) is 18.2 Å². The van der Waals surface area contributed by atoms with Gasteiger partial charge in [0.2, 0.25) is 5.69 Å². The van der Waals surface area contributed by atoms with Crippen molar-refractivity contribution in [1.82, 2.24) is 0 Å². The summed E-state index contributed by atoms with van der Waals surface area (Å²) in [4.78, 5) is 17.7. The average molecular weight is 200 g/mol. The van der Waals surface area contributed by atoms with Crippen LogP contribution in [0.4, 0.5) is 0 Å². The molecule has 0 saturated carbocycles. The van der Waals surface area contributed by atoms with Crippen LogP contribution in [0.1, 0.15) is 26.7 Å². The molecule has 0 radical (unpaired) electrons. The van der Waals surface area contributed by atoms with Gasteiger partial charge >= 0.3 is 0 Å². The third kappa shape index (κ3) is 7.03. The van der Waals surface area contributed by atoms with Gasteiger partial charge in [-0.2, -0.15) is 0 Å². The largest absolute Gasteiger partial charge is 0.338 e. The molecule has 62 valence electrons. The van der Waals surface area contributed by atoms with E-state index in [4.69, 9.17) is 9.79 Å². The van der Waals surface area contributed by atoms with Crippen LogP contribution in [-0.2, 0) is 11.8 Å². The summed E-state index contributed by atoms with van der Waals surface area (Å²) in [5.41, 5.74) is -3.00. The molecule has 2 N–H and O–H groups in total. The number of hydrogen-bond acceptors (Lipinski definition) is 2. The molecule has 0 amide bonds. The fraction of sp³-hybridized carbons (Fsp3) is 1.00. The van der Waals surface area contributed by atoms with E-state index in [1.54, 1.807) is 0 Å². The third-order valence-corrected chi connectivity index (χ3v) is 4.56. The first-order chi connectivity index (χ1) is 4.45. The molecule has 10 heavy (non-hydrogen) atoms. The van der Waals surface area contributed by atoms with Gasteiger partial charge in [0.15, 0.2) is 0 Å². The molecule has 0 spiro atoms. The Morgan fingerprint density at radius 3 is 2.40 bits per heavy atom. The Morgan fingerprint density at radius 1 is 1.60 bits per heavy atom. The SMILES string of the molecule is CCCC(C)SP(O)(O)=S. The van der Waals surface area contributed by atoms with E-state index in [-0.39, 0.29) is 5.25 Å². The van der Waals surface area contributed by atoms with Gasteiger partial charge in [-0.1, -0.05) is 31.7 Å². The van der Waals surface area contributed by atoms with E-state index in [0.29, 0.717) is 0 Å². The van der Waals surface area contributed by atoms with Crippen molar-refractivity contribution in [2.24, 2.45) is 0 Å². The summed E-state index contributed by atoms with van der Waals surface area (Å²) < 4.78 is 0. The highest BCUT2D eigenvalue weighted by Gasteiger charge is 2.12. The van der Waals surface area contributed by atoms with Crippen molar-refractivity contribution in [3.05, 3.63) is 0 Å². The van der Waals surface area contributed by atoms with Crippen LogP contribution >= 0.6 is 17.1 Å². The van der Waals surface area contributed by atoms with Gasteiger partial charge in [0.1, 0.15) is 0 Å². The van der Waals surface area contributed by atoms with Crippen molar-refractivity contribution in [3.63, 3.8) is 0 Å². The average Bonchev–Trinajstić information content (AvgIpc) is 1.59. The van der Waals surface area contributed by atoms with Crippen LogP contribution in [0.5, 0.6) is 0 Å². The molecule has 0 bridgehead atoms. The van der Waals surface area contributed by atoms with Crippen LogP contribution < -0.4 is 0 Å². The normalized spacial score (nSPS) is 15.2. The standard InChI is InChI=1S/C5H13O2PS2/c1-3-4-5(2)10-8(6,7)9/h5H,3-4H2,1-2H3,(H2,6,7,9). The van der Waals surface area contributed by atoms with E-state index in [1.165, 1.54) is 0 Å². The Balaban J connectivity index is 3.58. The van der Waals surface area contributed by atoms with Crippen molar-refractivity contribution >= 4 is 28.9 Å². The van der Waals surface area contributed by atoms with Crippen LogP contribution in [-0.4, -0.2) is 15.0 Å². The van der Waals surface area contributed by atoms with Crippen LogP contribution in [0.2, 0.25) is 0 Å². The Kier molecular flexibility index (Phi) is 5.16. The van der Waals surface area contributed by atoms with Crippen LogP contribution in [0.15, 0.2) is 0 Å². The molecule has 0 rings (SSSR count). The molecule has 2 nitrogen and oxygen atoms in total. The summed E-state index contributed by atoms with van der Waals surface area (Å²) in [6.07, 6.45) is 2.05. The molecule has 0 aliphatic heterocycles. The summed E-state index contributed by atoms with van der Waals surface area (Å²) in [5.74, 6) is 0. The lowest BCUT2D eigenvalue weighted by molar-refractivity contribution is 0.501. The molecule has 0 aliphatic carbocycles. The first kappa shape index (κ1) is 10.9. The molecule has 0 aromatic heterocycles. The quantitative estimate of drug-likeness (QED) is 0.682. The molecule has 1 atom stereocenters. The Hall–Kier alpha value is 0.920. The molecule has 0 saturated heterocycles. The van der Waals surface area contributed by atoms with E-state index in [9.17, 15) is 0 Å². The second-order valence-electron chi connectivity index (χ2n) is 2.20. The minimum absolute atomic E-state index is 0.269. The molecule has 1 unspecified atom stereocenters. The smallest absolute Gasteiger partial charge is 0.242 e. The van der Waals surface area contributed by atoms with Gasteiger partial charge in [0.25, 0.3) is 0 Å². The first-order valence-electron chi connectivity index (χ1n) is 3.19. The Labute approximate surface area is 71.0 Å². The maximum absolute atomic E-state index is 8.86. The van der Waals surface area contributed by atoms with Crippen molar-refractivity contribution in [1.29, 1.82) is 0 Å². The maximum Gasteiger partial charge on any atom is 0.242 e. The van der Waals surface area contributed by atoms with Gasteiger partial charge in [0, 0.05) is 5.25 Å². The summed E-state index contributed by atoms with van der Waals surface area (Å²) >= 11 is 5.58. The van der Waals surface area contributed by atoms with Crippen LogP contribution in [0.25, 0.3) is 0 Å². The van der Waals surface area contributed by atoms with Gasteiger partial charge in [-0.15, -0.1) is 0 Å². The molecular formula is C5H13O2PS2. The summed E-state index contributed by atoms with van der Waals surface area (Å²) in [7, 11) is 0. The van der Waals surface area contributed by atoms with Gasteiger partial charge in [-0.3, -0.25) is 0 Å². The van der Waals surface area contributed by atoms with E-state index >= 15 is 0 Å². The van der Waals surface area contributed by atoms with E-state index in [2.05, 4.69) is 18.7 Å². The number of hydrogen-bond donors (Lipinski definition) is 2. The number of rotatable bonds is 4. The predicted octanol–water partition coefficient (Wildman–Crippen LogP) is 2.12. The second-order valence-corrected chi connectivity index (χ2v) is 8.57. The molecule has 0 aliphatic rings. The summed E-state index contributed by atoms with van der Waals surface area (Å²) in [6, 6.07) is 0. The Bertz CT molecular complexity index is 134. The minimum atomic E-state index is -3.00. The molecular weight excluding hydrogens is 187 g/mol. The molecule has 0 heterocycles. The minimum Gasteiger partial charge on any atom is -0.338 e. The summed E-state index contributed by atoms with van der Waals surface area (Å²) in [6.45, 7) is 4.02. The highest BCUT2D eigenvalue weighted by Crippen LogP contribution is 2.53. The van der Waals surface area contributed by atoms with E-state index < -0.39 is 5.69 Å². The molecule has 0 aromatic rings. The molecule has 0 aromatic carbocycles. The zero-order valence-corrected chi connectivity index (χ0v) is 8.68. The van der Waals surface area contributed by atoms with E-state index in [0.717, 1.165) is 24.2 Å². The molecule has 0 fully saturated rings. The van der Waals surface area contributed by atoms with Crippen molar-refractivity contribution in [2.75, 3.05) is 0 Å². The van der Waals surface area contributed by atoms with Crippen molar-refractivity contribution in [3.8, 4) is 0 Å². The van der Waals surface area contributed by atoms with Crippen molar-refractivity contribution in [2.45, 2.75) is 31.9 Å². The van der Waals surface area contributed by atoms with Crippen LogP contribution in [0, 0.1) is 0 Å². The van der Waals surface area contributed by atoms with Crippen molar-refractivity contribution < 1.29 is 9.79 Å². The fourth-order valence-electron chi connectivity index (χ4n) is 0.694. The third-order valence-electron chi connectivity index (χ3n) is 1.01. The maximum atomic E-state index is 8.86. The van der Waals surface area contributed by atoms with Gasteiger partial charge < -0.3 is 9.79 Å². The lowest BCUT2D eigenvalue weighted by Gasteiger charge is -2.12. The van der Waals surface area contributed by atoms with Crippen LogP contribution in [0.3, 0.4) is 0 Å². The second kappa shape index (κ2) is 4.73. The lowest BCUT2D eigenvalue weighted by atomic mass is 10.3. The zero-order chi connectivity index (χ0) is 8.20. The van der Waals surface area contributed by atoms with E-state index in [1.807, 2.05) is 6.92 Å². The van der Waals surface area contributed by atoms with Gasteiger partial charge in [0.05, 0.1) is 0 Å². The predicted molar refractivity (Wildman–Crippen MR) is 50.7 cm³/mol. The fourth-order valence-corrected chi connectivity index (χ4v) is 4.55.